The van der Waals surface area contributed by atoms with E-state index in [-0.39, 0.29) is 5.75 Å². The minimum Gasteiger partial charge on any atom is -0.506 e. The van der Waals surface area contributed by atoms with Gasteiger partial charge in [0.1, 0.15) is 17.1 Å². The Morgan fingerprint density at radius 3 is 2.58 bits per heavy atom. The second kappa shape index (κ2) is 4.72. The van der Waals surface area contributed by atoms with Gasteiger partial charge in [0.2, 0.25) is 0 Å². The highest BCUT2D eigenvalue weighted by Crippen LogP contribution is 2.29. The molecule has 2 heterocycles. The molecule has 1 N–H and O–H groups in total. The van der Waals surface area contributed by atoms with Gasteiger partial charge in [-0.2, -0.15) is 0 Å². The molecular formula is C16H20N2O. The van der Waals surface area contributed by atoms with Crippen LogP contribution in [0.1, 0.15) is 20.3 Å². The Labute approximate surface area is 113 Å². The number of aromatic hydroxyl groups is 1. The average Bonchev–Trinajstić information content (AvgIpc) is 2.38. The van der Waals surface area contributed by atoms with E-state index in [0.717, 1.165) is 24.3 Å². The molecule has 1 fully saturated rings. The second-order valence-electron chi connectivity index (χ2n) is 5.87. The van der Waals surface area contributed by atoms with Gasteiger partial charge in [0.25, 0.3) is 0 Å². The largest absolute Gasteiger partial charge is 0.506 e. The molecule has 0 unspecified atom stereocenters. The molecule has 0 amide bonds. The molecule has 1 aromatic carbocycles. The van der Waals surface area contributed by atoms with Crippen LogP contribution in [0.2, 0.25) is 0 Å². The van der Waals surface area contributed by atoms with Crippen molar-refractivity contribution in [1.29, 1.82) is 0 Å². The maximum absolute atomic E-state index is 9.92. The number of phenolic OH excluding ortho intramolecular Hbond substituents is 1. The van der Waals surface area contributed by atoms with Crippen molar-refractivity contribution in [1.82, 2.24) is 4.98 Å². The summed E-state index contributed by atoms with van der Waals surface area (Å²) in [7, 11) is 0. The number of rotatable bonds is 1. The molecule has 0 radical (unpaired) electrons. The predicted octanol–water partition coefficient (Wildman–Crippen LogP) is 3.42. The van der Waals surface area contributed by atoms with E-state index in [1.54, 1.807) is 6.07 Å². The maximum atomic E-state index is 9.92. The number of piperidine rings is 1. The minimum atomic E-state index is 0.262. The molecule has 0 bridgehead atoms. The van der Waals surface area contributed by atoms with Gasteiger partial charge in [0.15, 0.2) is 0 Å². The highest BCUT2D eigenvalue weighted by atomic mass is 16.3. The molecule has 100 valence electrons. The van der Waals surface area contributed by atoms with Crippen LogP contribution in [0.5, 0.6) is 5.75 Å². The molecule has 1 aromatic heterocycles. The van der Waals surface area contributed by atoms with Gasteiger partial charge in [-0.25, -0.2) is 4.98 Å². The van der Waals surface area contributed by atoms with Gasteiger partial charge in [0.05, 0.1) is 0 Å². The highest BCUT2D eigenvalue weighted by Gasteiger charge is 2.22. The van der Waals surface area contributed by atoms with Gasteiger partial charge in [-0.15, -0.1) is 0 Å². The zero-order valence-corrected chi connectivity index (χ0v) is 11.5. The van der Waals surface area contributed by atoms with Crippen LogP contribution >= 0.6 is 0 Å². The number of hydrogen-bond acceptors (Lipinski definition) is 3. The minimum absolute atomic E-state index is 0.262. The molecule has 3 rings (SSSR count). The number of anilines is 1. The number of aromatic nitrogens is 1. The van der Waals surface area contributed by atoms with Crippen LogP contribution in [0.3, 0.4) is 0 Å². The molecule has 2 aromatic rings. The van der Waals surface area contributed by atoms with Crippen LogP contribution in [-0.2, 0) is 0 Å². The summed E-state index contributed by atoms with van der Waals surface area (Å²) in [4.78, 5) is 6.98. The molecule has 19 heavy (non-hydrogen) atoms. The lowest BCUT2D eigenvalue weighted by molar-refractivity contribution is 0.355. The van der Waals surface area contributed by atoms with Crippen LogP contribution < -0.4 is 4.90 Å². The quantitative estimate of drug-likeness (QED) is 0.849. The third kappa shape index (κ3) is 2.37. The monoisotopic (exact) mass is 256 g/mol. The fourth-order valence-electron chi connectivity index (χ4n) is 3.15. The third-order valence-corrected chi connectivity index (χ3v) is 3.88. The molecule has 2 atom stereocenters. The van der Waals surface area contributed by atoms with Crippen molar-refractivity contribution in [2.24, 2.45) is 11.8 Å². The van der Waals surface area contributed by atoms with E-state index in [9.17, 15) is 5.11 Å². The topological polar surface area (TPSA) is 36.4 Å². The average molecular weight is 256 g/mol. The van der Waals surface area contributed by atoms with Crippen molar-refractivity contribution in [3.8, 4) is 5.75 Å². The van der Waals surface area contributed by atoms with E-state index < -0.39 is 0 Å². The number of nitrogens with zero attached hydrogens (tertiary/aromatic N) is 2. The predicted molar refractivity (Wildman–Crippen MR) is 78.6 cm³/mol. The van der Waals surface area contributed by atoms with Crippen molar-refractivity contribution >= 4 is 16.7 Å². The highest BCUT2D eigenvalue weighted by molar-refractivity contribution is 5.85. The van der Waals surface area contributed by atoms with Crippen LogP contribution in [0, 0.1) is 11.8 Å². The van der Waals surface area contributed by atoms with Gasteiger partial charge < -0.3 is 10.0 Å². The van der Waals surface area contributed by atoms with Gasteiger partial charge >= 0.3 is 0 Å². The first kappa shape index (κ1) is 12.3. The number of hydrogen-bond donors (Lipinski definition) is 1. The molecule has 3 nitrogen and oxygen atoms in total. The summed E-state index contributed by atoms with van der Waals surface area (Å²) >= 11 is 0. The van der Waals surface area contributed by atoms with Crippen LogP contribution in [0.4, 0.5) is 5.82 Å². The summed E-state index contributed by atoms with van der Waals surface area (Å²) in [6.45, 7) is 6.69. The zero-order valence-electron chi connectivity index (χ0n) is 11.5. The fraction of sp³-hybridized carbons (Fsp3) is 0.438. The van der Waals surface area contributed by atoms with Gasteiger partial charge in [-0.1, -0.05) is 26.0 Å². The molecule has 0 spiro atoms. The lowest BCUT2D eigenvalue weighted by Crippen LogP contribution is -2.39. The molecule has 0 aliphatic carbocycles. The van der Waals surface area contributed by atoms with Crippen molar-refractivity contribution in [2.45, 2.75) is 20.3 Å². The Balaban J connectivity index is 1.98. The smallest absolute Gasteiger partial charge is 0.141 e. The number of pyridine rings is 1. The van der Waals surface area contributed by atoms with Crippen molar-refractivity contribution in [3.63, 3.8) is 0 Å². The Morgan fingerprint density at radius 1 is 1.11 bits per heavy atom. The van der Waals surface area contributed by atoms with Gasteiger partial charge in [-0.3, -0.25) is 0 Å². The summed E-state index contributed by atoms with van der Waals surface area (Å²) in [5.41, 5.74) is 0.700. The number of para-hydroxylation sites is 1. The standard InChI is InChI=1S/C16H20N2O/c1-11-8-12(2)10-18(9-11)15-7-6-13-4-3-5-14(19)16(13)17-15/h3-7,11-12,19H,8-10H2,1-2H3/t11-,12-/m0/s1. The van der Waals surface area contributed by atoms with Crippen molar-refractivity contribution in [2.75, 3.05) is 18.0 Å². The maximum Gasteiger partial charge on any atom is 0.141 e. The van der Waals surface area contributed by atoms with Gasteiger partial charge in [-0.05, 0) is 36.5 Å². The van der Waals surface area contributed by atoms with E-state index in [1.165, 1.54) is 6.42 Å². The first-order valence-electron chi connectivity index (χ1n) is 6.97. The number of fused-ring (bicyclic) bond motifs is 1. The molecule has 1 aliphatic heterocycles. The molecule has 1 aliphatic rings. The van der Waals surface area contributed by atoms with Crippen LogP contribution in [0.25, 0.3) is 10.9 Å². The molecule has 1 saturated heterocycles. The summed E-state index contributed by atoms with van der Waals surface area (Å²) in [6, 6.07) is 9.63. The van der Waals surface area contributed by atoms with E-state index in [2.05, 4.69) is 29.8 Å². The number of benzene rings is 1. The Kier molecular flexibility index (Phi) is 3.05. The van der Waals surface area contributed by atoms with E-state index in [4.69, 9.17) is 0 Å². The summed E-state index contributed by atoms with van der Waals surface area (Å²) in [5, 5.41) is 10.9. The lowest BCUT2D eigenvalue weighted by Gasteiger charge is -2.35. The van der Waals surface area contributed by atoms with Crippen molar-refractivity contribution in [3.05, 3.63) is 30.3 Å². The van der Waals surface area contributed by atoms with Crippen LogP contribution in [0.15, 0.2) is 30.3 Å². The van der Waals surface area contributed by atoms with Crippen LogP contribution in [-0.4, -0.2) is 23.2 Å². The zero-order chi connectivity index (χ0) is 13.4. The second-order valence-corrected chi connectivity index (χ2v) is 5.87. The Morgan fingerprint density at radius 2 is 1.84 bits per heavy atom. The Bertz CT molecular complexity index is 586. The summed E-state index contributed by atoms with van der Waals surface area (Å²) in [5.74, 6) is 2.64. The normalized spacial score (nSPS) is 23.8. The molecular weight excluding hydrogens is 236 g/mol. The lowest BCUT2D eigenvalue weighted by atomic mass is 9.92. The Hall–Kier alpha value is -1.77. The van der Waals surface area contributed by atoms with E-state index in [1.807, 2.05) is 18.2 Å². The first-order chi connectivity index (χ1) is 9.13. The third-order valence-electron chi connectivity index (χ3n) is 3.88. The molecule has 0 saturated carbocycles. The van der Waals surface area contributed by atoms with Gasteiger partial charge in [0, 0.05) is 18.5 Å². The van der Waals surface area contributed by atoms with E-state index >= 15 is 0 Å². The SMILES string of the molecule is C[C@H]1C[C@H](C)CN(c2ccc3cccc(O)c3n2)C1. The fourth-order valence-corrected chi connectivity index (χ4v) is 3.15. The summed E-state index contributed by atoms with van der Waals surface area (Å²) < 4.78 is 0. The van der Waals surface area contributed by atoms with Crippen molar-refractivity contribution < 1.29 is 5.11 Å². The molecule has 3 heteroatoms. The number of phenols is 1. The van der Waals surface area contributed by atoms with E-state index in [0.29, 0.717) is 17.4 Å². The summed E-state index contributed by atoms with van der Waals surface area (Å²) in [6.07, 6.45) is 1.29. The first-order valence-corrected chi connectivity index (χ1v) is 6.97.